The Morgan fingerprint density at radius 3 is 2.27 bits per heavy atom. The molecule has 0 unspecified atom stereocenters. The second-order valence-electron chi connectivity index (χ2n) is 8.03. The van der Waals surface area contributed by atoms with E-state index in [2.05, 4.69) is 14.9 Å². The highest BCUT2D eigenvalue weighted by Gasteiger charge is 2.22. The number of benzene rings is 3. The zero-order chi connectivity index (χ0) is 23.3. The van der Waals surface area contributed by atoms with Crippen LogP contribution >= 0.6 is 0 Å². The highest BCUT2D eigenvalue weighted by molar-refractivity contribution is 7.92. The monoisotopic (exact) mass is 464 g/mol. The molecular weight excluding hydrogens is 436 g/mol. The molecule has 1 amide bonds. The van der Waals surface area contributed by atoms with Crippen LogP contribution in [0.4, 0.5) is 11.4 Å². The normalized spacial score (nSPS) is 14.0. The summed E-state index contributed by atoms with van der Waals surface area (Å²) in [6.07, 6.45) is 0. The van der Waals surface area contributed by atoms with E-state index >= 15 is 0 Å². The first-order valence-corrected chi connectivity index (χ1v) is 12.4. The molecule has 3 aromatic carbocycles. The maximum Gasteiger partial charge on any atom is 0.261 e. The third-order valence-corrected chi connectivity index (χ3v) is 6.99. The molecule has 1 aliphatic heterocycles. The maximum absolute atomic E-state index is 13.1. The van der Waals surface area contributed by atoms with E-state index in [0.29, 0.717) is 17.8 Å². The smallest absolute Gasteiger partial charge is 0.261 e. The minimum absolute atomic E-state index is 0.175. The number of nitrogens with one attached hydrogen (secondary N) is 2. The Balaban J connectivity index is 1.65. The predicted octanol–water partition coefficient (Wildman–Crippen LogP) is 3.17. The number of carbonyl (C=O) groups excluding carboxylic acids is 1. The van der Waals surface area contributed by atoms with Gasteiger partial charge in [-0.1, -0.05) is 48.5 Å². The molecule has 0 radical (unpaired) electrons. The molecule has 2 N–H and O–H groups in total. The summed E-state index contributed by atoms with van der Waals surface area (Å²) in [5, 5.41) is 3.30. The zero-order valence-corrected chi connectivity index (χ0v) is 19.4. The molecule has 0 saturated carbocycles. The molecule has 1 aliphatic rings. The van der Waals surface area contributed by atoms with Crippen LogP contribution in [0.15, 0.2) is 83.8 Å². The lowest BCUT2D eigenvalue weighted by atomic mass is 10.1. The third kappa shape index (κ3) is 5.53. The minimum atomic E-state index is -3.80. The van der Waals surface area contributed by atoms with Gasteiger partial charge in [0.1, 0.15) is 0 Å². The van der Waals surface area contributed by atoms with Crippen molar-refractivity contribution in [3.8, 4) is 0 Å². The van der Waals surface area contributed by atoms with Crippen molar-refractivity contribution in [1.82, 2.24) is 10.2 Å². The predicted molar refractivity (Wildman–Crippen MR) is 131 cm³/mol. The van der Waals surface area contributed by atoms with Crippen LogP contribution in [0.3, 0.4) is 0 Å². The number of amides is 1. The highest BCUT2D eigenvalue weighted by atomic mass is 32.2. The highest BCUT2D eigenvalue weighted by Crippen LogP contribution is 2.30. The van der Waals surface area contributed by atoms with Crippen LogP contribution in [-0.4, -0.2) is 52.5 Å². The van der Waals surface area contributed by atoms with Crippen LogP contribution in [0.25, 0.3) is 0 Å². The number of anilines is 2. The van der Waals surface area contributed by atoms with Gasteiger partial charge in [-0.2, -0.15) is 0 Å². The molecule has 0 bridgehead atoms. The van der Waals surface area contributed by atoms with Gasteiger partial charge in [-0.3, -0.25) is 9.52 Å². The van der Waals surface area contributed by atoms with Crippen molar-refractivity contribution in [2.45, 2.75) is 11.4 Å². The summed E-state index contributed by atoms with van der Waals surface area (Å²) >= 11 is 0. The molecule has 0 aromatic heterocycles. The molecule has 7 nitrogen and oxygen atoms in total. The number of carbonyl (C=O) groups is 1. The van der Waals surface area contributed by atoms with E-state index < -0.39 is 10.0 Å². The molecular formula is C25H28N4O3S. The lowest BCUT2D eigenvalue weighted by Crippen LogP contribution is -2.43. The van der Waals surface area contributed by atoms with Crippen molar-refractivity contribution in [3.05, 3.63) is 90.0 Å². The fraction of sp³-hybridized carbons (Fsp3) is 0.240. The van der Waals surface area contributed by atoms with Gasteiger partial charge in [0.2, 0.25) is 0 Å². The number of hydrogen-bond acceptors (Lipinski definition) is 5. The van der Waals surface area contributed by atoms with E-state index in [1.54, 1.807) is 54.4 Å². The van der Waals surface area contributed by atoms with Gasteiger partial charge in [0.15, 0.2) is 0 Å². The van der Waals surface area contributed by atoms with Crippen molar-refractivity contribution >= 4 is 27.3 Å². The Hall–Kier alpha value is -3.36. The summed E-state index contributed by atoms with van der Waals surface area (Å²) in [5.74, 6) is -0.175. The molecule has 33 heavy (non-hydrogen) atoms. The van der Waals surface area contributed by atoms with E-state index in [4.69, 9.17) is 0 Å². The molecule has 1 fully saturated rings. The first-order chi connectivity index (χ1) is 15.9. The molecule has 4 rings (SSSR count). The van der Waals surface area contributed by atoms with Crippen molar-refractivity contribution in [1.29, 1.82) is 0 Å². The zero-order valence-electron chi connectivity index (χ0n) is 18.6. The molecule has 1 saturated heterocycles. The van der Waals surface area contributed by atoms with Crippen LogP contribution in [0.1, 0.15) is 15.9 Å². The van der Waals surface area contributed by atoms with Crippen molar-refractivity contribution in [2.24, 2.45) is 0 Å². The van der Waals surface area contributed by atoms with E-state index in [1.165, 1.54) is 0 Å². The third-order valence-electron chi connectivity index (χ3n) is 5.61. The van der Waals surface area contributed by atoms with E-state index in [1.807, 2.05) is 36.4 Å². The van der Waals surface area contributed by atoms with E-state index in [0.717, 1.165) is 37.4 Å². The molecule has 0 spiro atoms. The Kier molecular flexibility index (Phi) is 6.96. The molecule has 172 valence electrons. The van der Waals surface area contributed by atoms with Crippen LogP contribution < -0.4 is 14.9 Å². The summed E-state index contributed by atoms with van der Waals surface area (Å²) < 4.78 is 28.8. The maximum atomic E-state index is 13.1. The molecule has 0 aliphatic carbocycles. The molecule has 0 atom stereocenters. The number of hydrogen-bond donors (Lipinski definition) is 2. The number of nitrogens with zero attached hydrogens (tertiary/aromatic N) is 2. The lowest BCUT2D eigenvalue weighted by Gasteiger charge is -2.31. The lowest BCUT2D eigenvalue weighted by molar-refractivity contribution is 0.0785. The number of piperazine rings is 1. The summed E-state index contributed by atoms with van der Waals surface area (Å²) in [5.41, 5.74) is 2.62. The largest absolute Gasteiger partial charge is 0.367 e. The quantitative estimate of drug-likeness (QED) is 0.561. The molecule has 8 heteroatoms. The Labute approximate surface area is 195 Å². The fourth-order valence-corrected chi connectivity index (χ4v) is 4.97. The standard InChI is InChI=1S/C25H28N4O3S/c1-28(19-20-8-4-2-5-9-20)25(30)21-12-13-24(29-16-14-26-15-17-29)23(18-21)27-33(31,32)22-10-6-3-7-11-22/h2-13,18,26-27H,14-17,19H2,1H3. The van der Waals surface area contributed by atoms with Crippen LogP contribution in [0, 0.1) is 0 Å². The first-order valence-electron chi connectivity index (χ1n) is 10.9. The van der Waals surface area contributed by atoms with Gasteiger partial charge in [-0.15, -0.1) is 0 Å². The van der Waals surface area contributed by atoms with E-state index in [9.17, 15) is 13.2 Å². The van der Waals surface area contributed by atoms with Gasteiger partial charge in [0.05, 0.1) is 16.3 Å². The van der Waals surface area contributed by atoms with Gasteiger partial charge < -0.3 is 15.1 Å². The second kappa shape index (κ2) is 10.1. The average molecular weight is 465 g/mol. The second-order valence-corrected chi connectivity index (χ2v) is 9.72. The van der Waals surface area contributed by atoms with Crippen molar-refractivity contribution < 1.29 is 13.2 Å². The first kappa shape index (κ1) is 22.8. The van der Waals surface area contributed by atoms with Gasteiger partial charge in [-0.25, -0.2) is 8.42 Å². The van der Waals surface area contributed by atoms with Gasteiger partial charge in [0.25, 0.3) is 15.9 Å². The van der Waals surface area contributed by atoms with Crippen LogP contribution in [-0.2, 0) is 16.6 Å². The Morgan fingerprint density at radius 2 is 1.61 bits per heavy atom. The minimum Gasteiger partial charge on any atom is -0.367 e. The fourth-order valence-electron chi connectivity index (χ4n) is 3.89. The summed E-state index contributed by atoms with van der Waals surface area (Å²) in [4.78, 5) is 17.1. The SMILES string of the molecule is CN(Cc1ccccc1)C(=O)c1ccc(N2CCNCC2)c(NS(=O)(=O)c2ccccc2)c1. The number of sulfonamides is 1. The summed E-state index contributed by atoms with van der Waals surface area (Å²) in [6, 6.07) is 23.2. The number of rotatable bonds is 7. The Morgan fingerprint density at radius 1 is 0.970 bits per heavy atom. The summed E-state index contributed by atoms with van der Waals surface area (Å²) in [7, 11) is -2.06. The topological polar surface area (TPSA) is 81.8 Å². The van der Waals surface area contributed by atoms with Crippen molar-refractivity contribution in [2.75, 3.05) is 42.8 Å². The van der Waals surface area contributed by atoms with Crippen LogP contribution in [0.2, 0.25) is 0 Å². The van der Waals surface area contributed by atoms with Gasteiger partial charge >= 0.3 is 0 Å². The molecule has 3 aromatic rings. The van der Waals surface area contributed by atoms with E-state index in [-0.39, 0.29) is 10.8 Å². The van der Waals surface area contributed by atoms with Crippen LogP contribution in [0.5, 0.6) is 0 Å². The molecule has 1 heterocycles. The average Bonchev–Trinajstić information content (AvgIpc) is 2.85. The van der Waals surface area contributed by atoms with Crippen molar-refractivity contribution in [3.63, 3.8) is 0 Å². The summed E-state index contributed by atoms with van der Waals surface area (Å²) in [6.45, 7) is 3.59. The Bertz CT molecular complexity index is 1190. The van der Waals surface area contributed by atoms with Gasteiger partial charge in [-0.05, 0) is 35.9 Å². The van der Waals surface area contributed by atoms with Gasteiger partial charge in [0, 0.05) is 45.3 Å².